The highest BCUT2D eigenvalue weighted by molar-refractivity contribution is 9.10. The number of amides is 2. The fourth-order valence-corrected chi connectivity index (χ4v) is 6.53. The quantitative estimate of drug-likeness (QED) is 0.464. The first-order chi connectivity index (χ1) is 18.3. The Hall–Kier alpha value is -3.21. The van der Waals surface area contributed by atoms with Crippen molar-refractivity contribution in [2.75, 3.05) is 24.5 Å². The van der Waals surface area contributed by atoms with Crippen molar-refractivity contribution in [2.45, 2.75) is 30.4 Å². The average Bonchev–Trinajstić information content (AvgIpc) is 2.95. The number of halogens is 1. The van der Waals surface area contributed by atoms with Gasteiger partial charge in [0.25, 0.3) is 5.91 Å². The molecular formula is C28H28BrN3O5S. The van der Waals surface area contributed by atoms with Gasteiger partial charge in [-0.15, -0.1) is 0 Å². The molecule has 2 aliphatic rings. The van der Waals surface area contributed by atoms with Crippen LogP contribution in [0.4, 0.5) is 5.69 Å². The van der Waals surface area contributed by atoms with E-state index in [2.05, 4.69) is 21.2 Å². The average molecular weight is 599 g/mol. The predicted octanol–water partition coefficient (Wildman–Crippen LogP) is 3.96. The molecule has 0 radical (unpaired) electrons. The summed E-state index contributed by atoms with van der Waals surface area (Å²) in [6.45, 7) is 0.956. The zero-order chi connectivity index (χ0) is 26.7. The van der Waals surface area contributed by atoms with Crippen LogP contribution >= 0.6 is 15.9 Å². The molecule has 5 rings (SSSR count). The van der Waals surface area contributed by atoms with Gasteiger partial charge >= 0.3 is 0 Å². The van der Waals surface area contributed by atoms with Crippen molar-refractivity contribution in [3.63, 3.8) is 0 Å². The Balaban J connectivity index is 1.26. The molecule has 3 aromatic carbocycles. The molecule has 198 valence electrons. The van der Waals surface area contributed by atoms with E-state index in [1.807, 2.05) is 36.4 Å². The normalized spacial score (nSPS) is 18.3. The summed E-state index contributed by atoms with van der Waals surface area (Å²) >= 11 is 3.33. The molecule has 0 aliphatic carbocycles. The minimum absolute atomic E-state index is 0.0911. The number of hydrogen-bond acceptors (Lipinski definition) is 5. The number of fused-ring (bicyclic) bond motifs is 1. The van der Waals surface area contributed by atoms with E-state index < -0.39 is 16.1 Å². The number of nitrogens with zero attached hydrogens (tertiary/aromatic N) is 2. The van der Waals surface area contributed by atoms with E-state index >= 15 is 0 Å². The van der Waals surface area contributed by atoms with Gasteiger partial charge in [-0.1, -0.05) is 58.4 Å². The summed E-state index contributed by atoms with van der Waals surface area (Å²) in [4.78, 5) is 28.5. The first kappa shape index (κ1) is 26.4. The summed E-state index contributed by atoms with van der Waals surface area (Å²) in [7, 11) is -3.64. The molecule has 1 unspecified atom stereocenters. The molecule has 0 saturated carbocycles. The Morgan fingerprint density at radius 2 is 1.58 bits per heavy atom. The number of rotatable bonds is 6. The number of sulfonamides is 1. The highest BCUT2D eigenvalue weighted by Gasteiger charge is 2.39. The highest BCUT2D eigenvalue weighted by Crippen LogP contribution is 2.36. The number of carbonyl (C=O) groups is 2. The van der Waals surface area contributed by atoms with Gasteiger partial charge in [0.1, 0.15) is 5.75 Å². The first-order valence-electron chi connectivity index (χ1n) is 12.5. The third-order valence-electron chi connectivity index (χ3n) is 6.90. The summed E-state index contributed by atoms with van der Waals surface area (Å²) in [6.07, 6.45) is -0.0479. The van der Waals surface area contributed by atoms with Crippen LogP contribution in [0.1, 0.15) is 18.4 Å². The number of nitrogens with one attached hydrogen (secondary N) is 1. The molecule has 3 aromatic rings. The lowest BCUT2D eigenvalue weighted by atomic mass is 9.95. The highest BCUT2D eigenvalue weighted by atomic mass is 79.9. The van der Waals surface area contributed by atoms with Gasteiger partial charge in [-0.25, -0.2) is 8.42 Å². The Labute approximate surface area is 230 Å². The number of ether oxygens (including phenoxy) is 1. The maximum Gasteiger partial charge on any atom is 0.263 e. The number of benzene rings is 3. The summed E-state index contributed by atoms with van der Waals surface area (Å²) in [6, 6.07) is 23.3. The third-order valence-corrected chi connectivity index (χ3v) is 9.34. The number of piperidine rings is 1. The maximum atomic E-state index is 13.7. The molecule has 1 fully saturated rings. The van der Waals surface area contributed by atoms with Gasteiger partial charge < -0.3 is 15.0 Å². The number of carbonyl (C=O) groups excluding carboxylic acids is 2. The van der Waals surface area contributed by atoms with Crippen LogP contribution in [0.3, 0.4) is 0 Å². The standard InChI is InChI=1S/C28H28BrN3O5S/c29-22-10-12-23(13-11-22)38(35,36)31-16-14-21(15-17-31)28(34)32-19-26(37-25-9-5-4-8-24(25)32)27(33)30-18-20-6-2-1-3-7-20/h1-13,21,26H,14-19H2,(H,30,33). The van der Waals surface area contributed by atoms with E-state index in [-0.39, 0.29) is 42.3 Å². The second-order valence-electron chi connectivity index (χ2n) is 9.36. The molecule has 2 aliphatic heterocycles. The topological polar surface area (TPSA) is 96.0 Å². The smallest absolute Gasteiger partial charge is 0.263 e. The molecular weight excluding hydrogens is 570 g/mol. The van der Waals surface area contributed by atoms with Gasteiger partial charge in [0.05, 0.1) is 17.1 Å². The van der Waals surface area contributed by atoms with E-state index in [1.54, 1.807) is 47.4 Å². The maximum absolute atomic E-state index is 13.7. The first-order valence-corrected chi connectivity index (χ1v) is 14.7. The summed E-state index contributed by atoms with van der Waals surface area (Å²) in [5.74, 6) is -0.299. The summed E-state index contributed by atoms with van der Waals surface area (Å²) in [5.41, 5.74) is 1.59. The van der Waals surface area contributed by atoms with Gasteiger partial charge in [0.2, 0.25) is 15.9 Å². The van der Waals surface area contributed by atoms with Crippen LogP contribution in [0.25, 0.3) is 0 Å². The Morgan fingerprint density at radius 3 is 2.29 bits per heavy atom. The van der Waals surface area contributed by atoms with Crippen molar-refractivity contribution in [3.05, 3.63) is 88.9 Å². The summed E-state index contributed by atoms with van der Waals surface area (Å²) < 4.78 is 34.4. The van der Waals surface area contributed by atoms with Gasteiger partial charge in [-0.2, -0.15) is 4.31 Å². The van der Waals surface area contributed by atoms with Crippen molar-refractivity contribution >= 4 is 43.5 Å². The second-order valence-corrected chi connectivity index (χ2v) is 12.2. The van der Waals surface area contributed by atoms with E-state index in [0.717, 1.165) is 10.0 Å². The largest absolute Gasteiger partial charge is 0.477 e. The van der Waals surface area contributed by atoms with E-state index in [9.17, 15) is 18.0 Å². The fourth-order valence-electron chi connectivity index (χ4n) is 4.80. The Bertz CT molecular complexity index is 1410. The van der Waals surface area contributed by atoms with Crippen LogP contribution in [-0.4, -0.2) is 50.3 Å². The van der Waals surface area contributed by atoms with Crippen molar-refractivity contribution in [1.29, 1.82) is 0 Å². The predicted molar refractivity (Wildman–Crippen MR) is 147 cm³/mol. The SMILES string of the molecule is O=C(NCc1ccccc1)C1CN(C(=O)C2CCN(S(=O)(=O)c3ccc(Br)cc3)CC2)c2ccccc2O1. The Kier molecular flexibility index (Phi) is 7.83. The minimum atomic E-state index is -3.64. The van der Waals surface area contributed by atoms with E-state index in [0.29, 0.717) is 30.8 Å². The molecule has 8 nitrogen and oxygen atoms in total. The molecule has 2 amide bonds. The summed E-state index contributed by atoms with van der Waals surface area (Å²) in [5, 5.41) is 2.90. The van der Waals surface area contributed by atoms with Crippen molar-refractivity contribution in [1.82, 2.24) is 9.62 Å². The van der Waals surface area contributed by atoms with E-state index in [1.165, 1.54) is 4.31 Å². The molecule has 1 atom stereocenters. The van der Waals surface area contributed by atoms with Gasteiger partial charge in [-0.3, -0.25) is 9.59 Å². The van der Waals surface area contributed by atoms with Crippen molar-refractivity contribution in [2.24, 2.45) is 5.92 Å². The molecule has 0 spiro atoms. The van der Waals surface area contributed by atoms with Gasteiger partial charge in [-0.05, 0) is 54.8 Å². The van der Waals surface area contributed by atoms with Crippen LogP contribution < -0.4 is 15.0 Å². The number of hydrogen-bond donors (Lipinski definition) is 1. The zero-order valence-corrected chi connectivity index (χ0v) is 23.0. The van der Waals surface area contributed by atoms with Gasteiger partial charge in [0.15, 0.2) is 6.10 Å². The van der Waals surface area contributed by atoms with Crippen LogP contribution in [0.15, 0.2) is 88.2 Å². The second kappa shape index (κ2) is 11.3. The molecule has 2 heterocycles. The van der Waals surface area contributed by atoms with E-state index in [4.69, 9.17) is 4.74 Å². The lowest BCUT2D eigenvalue weighted by Crippen LogP contribution is -2.53. The third kappa shape index (κ3) is 5.62. The molecule has 0 bridgehead atoms. The minimum Gasteiger partial charge on any atom is -0.477 e. The fraction of sp³-hybridized carbons (Fsp3) is 0.286. The van der Waals surface area contributed by atoms with Crippen molar-refractivity contribution in [3.8, 4) is 5.75 Å². The molecule has 10 heteroatoms. The molecule has 1 N–H and O–H groups in total. The van der Waals surface area contributed by atoms with Crippen molar-refractivity contribution < 1.29 is 22.7 Å². The number of anilines is 1. The lowest BCUT2D eigenvalue weighted by molar-refractivity contribution is -0.129. The Morgan fingerprint density at radius 1 is 0.921 bits per heavy atom. The molecule has 1 saturated heterocycles. The van der Waals surface area contributed by atoms with Gasteiger partial charge in [0, 0.05) is 30.0 Å². The van der Waals surface area contributed by atoms with Crippen LogP contribution in [0.2, 0.25) is 0 Å². The molecule has 0 aromatic heterocycles. The number of para-hydroxylation sites is 2. The zero-order valence-electron chi connectivity index (χ0n) is 20.6. The monoisotopic (exact) mass is 597 g/mol. The lowest BCUT2D eigenvalue weighted by Gasteiger charge is -2.38. The van der Waals surface area contributed by atoms with Crippen LogP contribution in [0, 0.1) is 5.92 Å². The molecule has 38 heavy (non-hydrogen) atoms. The van der Waals surface area contributed by atoms with Crippen LogP contribution in [0.5, 0.6) is 5.75 Å². The van der Waals surface area contributed by atoms with Crippen LogP contribution in [-0.2, 0) is 26.2 Å².